The van der Waals surface area contributed by atoms with Crippen LogP contribution in [-0.2, 0) is 13.0 Å². The van der Waals surface area contributed by atoms with E-state index in [0.29, 0.717) is 19.5 Å². The molecule has 2 N–H and O–H groups in total. The first-order valence-corrected chi connectivity index (χ1v) is 9.34. The van der Waals surface area contributed by atoms with E-state index in [4.69, 9.17) is 0 Å². The van der Waals surface area contributed by atoms with Gasteiger partial charge in [-0.3, -0.25) is 0 Å². The van der Waals surface area contributed by atoms with Crippen LogP contribution in [0.3, 0.4) is 0 Å². The number of hydrogen-bond donors (Lipinski definition) is 2. The Balaban J connectivity index is 1.72. The van der Waals surface area contributed by atoms with Crippen LogP contribution in [0.5, 0.6) is 0 Å². The van der Waals surface area contributed by atoms with Gasteiger partial charge in [-0.1, -0.05) is 24.3 Å². The fourth-order valence-corrected chi connectivity index (χ4v) is 4.19. The zero-order chi connectivity index (χ0) is 16.9. The summed E-state index contributed by atoms with van der Waals surface area (Å²) >= 11 is 1.67. The number of thiophene rings is 1. The number of benzene rings is 1. The van der Waals surface area contributed by atoms with E-state index in [1.54, 1.807) is 11.3 Å². The zero-order valence-corrected chi connectivity index (χ0v) is 14.8. The fourth-order valence-electron chi connectivity index (χ4n) is 3.34. The molecule has 1 heterocycles. The van der Waals surface area contributed by atoms with E-state index >= 15 is 0 Å². The topological polar surface area (TPSA) is 52.6 Å². The predicted octanol–water partition coefficient (Wildman–Crippen LogP) is 3.64. The minimum atomic E-state index is -0.0436. The summed E-state index contributed by atoms with van der Waals surface area (Å²) in [6, 6.07) is 10.5. The molecule has 0 radical (unpaired) electrons. The summed E-state index contributed by atoms with van der Waals surface area (Å²) in [4.78, 5) is 15.9. The highest BCUT2D eigenvalue weighted by molar-refractivity contribution is 7.10. The van der Waals surface area contributed by atoms with Crippen LogP contribution < -0.4 is 5.32 Å². The molecule has 24 heavy (non-hydrogen) atoms. The van der Waals surface area contributed by atoms with Crippen LogP contribution in [0.15, 0.2) is 35.7 Å². The van der Waals surface area contributed by atoms with Crippen LogP contribution in [0.4, 0.5) is 4.79 Å². The number of hydrogen-bond acceptors (Lipinski definition) is 3. The summed E-state index contributed by atoms with van der Waals surface area (Å²) in [7, 11) is 0. The molecule has 3 rings (SSSR count). The Morgan fingerprint density at radius 1 is 1.38 bits per heavy atom. The molecule has 0 saturated heterocycles. The largest absolute Gasteiger partial charge is 0.396 e. The lowest BCUT2D eigenvalue weighted by Crippen LogP contribution is -2.42. The van der Waals surface area contributed by atoms with Crippen molar-refractivity contribution in [1.82, 2.24) is 10.2 Å². The summed E-state index contributed by atoms with van der Waals surface area (Å²) in [5, 5.41) is 14.3. The van der Waals surface area contributed by atoms with E-state index < -0.39 is 0 Å². The quantitative estimate of drug-likeness (QED) is 0.841. The lowest BCUT2D eigenvalue weighted by molar-refractivity contribution is 0.164. The van der Waals surface area contributed by atoms with Crippen molar-refractivity contribution in [3.8, 4) is 0 Å². The maximum atomic E-state index is 12.8. The highest BCUT2D eigenvalue weighted by Gasteiger charge is 2.30. The molecule has 1 atom stereocenters. The first kappa shape index (κ1) is 17.0. The molecule has 2 amide bonds. The monoisotopic (exact) mass is 344 g/mol. The van der Waals surface area contributed by atoms with Crippen molar-refractivity contribution in [3.05, 3.63) is 57.3 Å². The van der Waals surface area contributed by atoms with Crippen LogP contribution >= 0.6 is 11.3 Å². The third-order valence-corrected chi connectivity index (χ3v) is 5.69. The third kappa shape index (κ3) is 3.62. The molecule has 1 aromatic heterocycles. The fraction of sp³-hybridized carbons (Fsp3) is 0.421. The van der Waals surface area contributed by atoms with Gasteiger partial charge in [0.2, 0.25) is 0 Å². The number of rotatable bonds is 6. The van der Waals surface area contributed by atoms with Gasteiger partial charge in [-0.05, 0) is 54.3 Å². The van der Waals surface area contributed by atoms with E-state index in [2.05, 4.69) is 36.5 Å². The van der Waals surface area contributed by atoms with Crippen LogP contribution in [0.25, 0.3) is 0 Å². The van der Waals surface area contributed by atoms with Gasteiger partial charge in [-0.15, -0.1) is 11.3 Å². The molecule has 2 aromatic rings. The van der Waals surface area contributed by atoms with Crippen LogP contribution in [0.2, 0.25) is 0 Å². The van der Waals surface area contributed by atoms with Gasteiger partial charge >= 0.3 is 6.03 Å². The van der Waals surface area contributed by atoms with Crippen LogP contribution in [-0.4, -0.2) is 29.2 Å². The highest BCUT2D eigenvalue weighted by atomic mass is 32.1. The first-order chi connectivity index (χ1) is 11.7. The van der Waals surface area contributed by atoms with Gasteiger partial charge in [0.25, 0.3) is 0 Å². The van der Waals surface area contributed by atoms with Crippen LogP contribution in [0, 0.1) is 6.92 Å². The van der Waals surface area contributed by atoms with Gasteiger partial charge in [0.15, 0.2) is 0 Å². The molecule has 1 aliphatic rings. The molecule has 4 nitrogen and oxygen atoms in total. The highest BCUT2D eigenvalue weighted by Crippen LogP contribution is 2.35. The number of carbonyl (C=O) groups is 1. The molecule has 0 bridgehead atoms. The number of nitrogens with zero attached hydrogens (tertiary/aromatic N) is 1. The number of nitrogens with one attached hydrogen (secondary N) is 1. The summed E-state index contributed by atoms with van der Waals surface area (Å²) in [6.07, 6.45) is 2.56. The van der Waals surface area contributed by atoms with Crippen molar-refractivity contribution in [2.75, 3.05) is 13.2 Å². The molecule has 0 fully saturated rings. The predicted molar refractivity (Wildman–Crippen MR) is 97.2 cm³/mol. The Labute approximate surface area is 147 Å². The van der Waals surface area contributed by atoms with Gasteiger partial charge in [0.05, 0.1) is 12.6 Å². The first-order valence-electron chi connectivity index (χ1n) is 8.47. The number of fused-ring (bicyclic) bond motifs is 1. The molecule has 1 unspecified atom stereocenters. The van der Waals surface area contributed by atoms with E-state index in [9.17, 15) is 9.90 Å². The molecule has 0 aliphatic heterocycles. The van der Waals surface area contributed by atoms with Crippen molar-refractivity contribution in [2.24, 2.45) is 0 Å². The summed E-state index contributed by atoms with van der Waals surface area (Å²) < 4.78 is 0. The summed E-state index contributed by atoms with van der Waals surface area (Å²) in [5.41, 5.74) is 3.80. The van der Waals surface area contributed by atoms with E-state index in [0.717, 1.165) is 12.8 Å². The SMILES string of the molecule is Cc1ccsc1CNC(=O)N(CCCO)C1CCc2ccccc21. The minimum absolute atomic E-state index is 0.0436. The van der Waals surface area contributed by atoms with E-state index in [1.807, 2.05) is 16.3 Å². The number of amides is 2. The maximum Gasteiger partial charge on any atom is 0.318 e. The van der Waals surface area contributed by atoms with Gasteiger partial charge in [-0.2, -0.15) is 0 Å². The molecular weight excluding hydrogens is 320 g/mol. The van der Waals surface area contributed by atoms with Crippen molar-refractivity contribution in [1.29, 1.82) is 0 Å². The number of aliphatic hydroxyl groups is 1. The molecular formula is C19H24N2O2S. The number of urea groups is 1. The average Bonchev–Trinajstić information content (AvgIpc) is 3.20. The molecule has 0 saturated carbocycles. The zero-order valence-electron chi connectivity index (χ0n) is 14.0. The molecule has 128 valence electrons. The Bertz CT molecular complexity index is 698. The lowest BCUT2D eigenvalue weighted by Gasteiger charge is -2.30. The lowest BCUT2D eigenvalue weighted by atomic mass is 10.1. The second-order valence-electron chi connectivity index (χ2n) is 6.21. The Morgan fingerprint density at radius 2 is 2.21 bits per heavy atom. The van der Waals surface area contributed by atoms with Gasteiger partial charge < -0.3 is 15.3 Å². The number of aliphatic hydroxyl groups excluding tert-OH is 1. The molecule has 1 aliphatic carbocycles. The van der Waals surface area contributed by atoms with E-state index in [-0.39, 0.29) is 18.7 Å². The Kier molecular flexibility index (Phi) is 5.53. The third-order valence-electron chi connectivity index (χ3n) is 4.66. The Morgan fingerprint density at radius 3 is 2.96 bits per heavy atom. The number of aryl methyl sites for hydroxylation is 2. The van der Waals surface area contributed by atoms with Gasteiger partial charge in [0, 0.05) is 18.0 Å². The standard InChI is InChI=1S/C19H24N2O2S/c1-14-9-12-24-18(14)13-20-19(23)21(10-4-11-22)17-8-7-15-5-2-3-6-16(15)17/h2-3,5-6,9,12,17,22H,4,7-8,10-11,13H2,1H3,(H,20,23). The molecule has 5 heteroatoms. The minimum Gasteiger partial charge on any atom is -0.396 e. The van der Waals surface area contributed by atoms with Gasteiger partial charge in [-0.25, -0.2) is 4.79 Å². The second-order valence-corrected chi connectivity index (χ2v) is 7.21. The Hall–Kier alpha value is -1.85. The van der Waals surface area contributed by atoms with Crippen LogP contribution in [0.1, 0.15) is 40.5 Å². The maximum absolute atomic E-state index is 12.8. The molecule has 1 aromatic carbocycles. The van der Waals surface area contributed by atoms with Crippen molar-refractivity contribution in [2.45, 2.75) is 38.8 Å². The summed E-state index contributed by atoms with van der Waals surface area (Å²) in [5.74, 6) is 0. The second kappa shape index (κ2) is 7.81. The normalized spacial score (nSPS) is 16.0. The van der Waals surface area contributed by atoms with Crippen molar-refractivity contribution >= 4 is 17.4 Å². The number of carbonyl (C=O) groups excluding carboxylic acids is 1. The average molecular weight is 344 g/mol. The van der Waals surface area contributed by atoms with E-state index in [1.165, 1.54) is 21.6 Å². The molecule has 0 spiro atoms. The summed E-state index contributed by atoms with van der Waals surface area (Å²) in [6.45, 7) is 3.30. The smallest absolute Gasteiger partial charge is 0.318 e. The van der Waals surface area contributed by atoms with Crippen molar-refractivity contribution in [3.63, 3.8) is 0 Å². The van der Waals surface area contributed by atoms with Crippen molar-refractivity contribution < 1.29 is 9.90 Å². The van der Waals surface area contributed by atoms with Gasteiger partial charge in [0.1, 0.15) is 0 Å².